The molecule has 8 nitrogen and oxygen atoms in total. The zero-order chi connectivity index (χ0) is 33.2. The van der Waals surface area contributed by atoms with Crippen molar-refractivity contribution in [1.29, 1.82) is 0 Å². The van der Waals surface area contributed by atoms with Gasteiger partial charge in [0.25, 0.3) is 5.78 Å². The molecule has 0 unspecified atom stereocenters. The van der Waals surface area contributed by atoms with Crippen LogP contribution in [0.15, 0.2) is 73.2 Å². The Labute approximate surface area is 261 Å². The van der Waals surface area contributed by atoms with E-state index in [-0.39, 0.29) is 36.4 Å². The van der Waals surface area contributed by atoms with Crippen LogP contribution in [0, 0.1) is 18.2 Å². The molecule has 0 aliphatic carbocycles. The van der Waals surface area contributed by atoms with Crippen LogP contribution >= 0.6 is 0 Å². The summed E-state index contributed by atoms with van der Waals surface area (Å²) in [5, 5.41) is 9.88. The number of rotatable bonds is 11. The number of alkyl halides is 3. The second kappa shape index (κ2) is 12.7. The Kier molecular flexibility index (Phi) is 8.91. The number of fused-ring (bicyclic) bond motifs is 1. The van der Waals surface area contributed by atoms with Crippen molar-refractivity contribution in [1.82, 2.24) is 19.5 Å². The number of carbonyl (C=O) groups excluding carboxylic acids is 1. The van der Waals surface area contributed by atoms with Gasteiger partial charge in [-0.1, -0.05) is 24.3 Å². The van der Waals surface area contributed by atoms with Crippen LogP contribution in [0.4, 0.5) is 17.6 Å². The molecule has 0 bridgehead atoms. The first kappa shape index (κ1) is 32.3. The van der Waals surface area contributed by atoms with E-state index in [4.69, 9.17) is 4.74 Å². The van der Waals surface area contributed by atoms with E-state index in [9.17, 15) is 32.3 Å². The number of carboxylic acid groups (broad SMARTS) is 1. The van der Waals surface area contributed by atoms with Crippen molar-refractivity contribution in [2.75, 3.05) is 6.61 Å². The number of ketones is 1. The molecule has 3 aromatic heterocycles. The Hall–Kier alpha value is -5.13. The van der Waals surface area contributed by atoms with Gasteiger partial charge in [-0.2, -0.15) is 13.2 Å². The number of hydrogen-bond acceptors (Lipinski definition) is 6. The number of halogens is 4. The predicted molar refractivity (Wildman–Crippen MR) is 162 cm³/mol. The van der Waals surface area contributed by atoms with Crippen LogP contribution in [0.3, 0.4) is 0 Å². The summed E-state index contributed by atoms with van der Waals surface area (Å²) in [7, 11) is 0. The molecule has 5 rings (SSSR count). The molecule has 0 saturated carbocycles. The van der Waals surface area contributed by atoms with Crippen LogP contribution in [0.2, 0.25) is 0 Å². The third-order valence-electron chi connectivity index (χ3n) is 7.59. The first-order valence-corrected chi connectivity index (χ1v) is 14.3. The molecule has 238 valence electrons. The Bertz CT molecular complexity index is 1880. The number of nitrogens with zero attached hydrogens (tertiary/aromatic N) is 4. The maximum absolute atomic E-state index is 14.1. The largest absolute Gasteiger partial charge is 0.493 e. The number of Topliss-reactive ketones (excluding diaryl/α,β-unsaturated/α-hetero) is 1. The number of carbonyl (C=O) groups is 2. The van der Waals surface area contributed by atoms with Crippen LogP contribution in [0.25, 0.3) is 22.2 Å². The third-order valence-corrected chi connectivity index (χ3v) is 7.59. The van der Waals surface area contributed by atoms with Gasteiger partial charge >= 0.3 is 12.1 Å². The van der Waals surface area contributed by atoms with E-state index < -0.39 is 34.7 Å². The molecule has 0 atom stereocenters. The van der Waals surface area contributed by atoms with Crippen LogP contribution < -0.4 is 4.74 Å². The molecule has 12 heteroatoms. The second-order valence-corrected chi connectivity index (χ2v) is 11.6. The summed E-state index contributed by atoms with van der Waals surface area (Å²) in [6, 6.07) is 14.3. The molecule has 0 fully saturated rings. The van der Waals surface area contributed by atoms with Crippen molar-refractivity contribution in [2.24, 2.45) is 5.41 Å². The monoisotopic (exact) mass is 634 g/mol. The van der Waals surface area contributed by atoms with Crippen molar-refractivity contribution < 1.29 is 37.0 Å². The molecule has 5 aromatic rings. The summed E-state index contributed by atoms with van der Waals surface area (Å²) >= 11 is 0. The smallest absolute Gasteiger partial charge is 0.454 e. The molecule has 0 radical (unpaired) electrons. The van der Waals surface area contributed by atoms with Gasteiger partial charge in [0.2, 0.25) is 0 Å². The third kappa shape index (κ3) is 7.06. The van der Waals surface area contributed by atoms with E-state index in [1.54, 1.807) is 60.3 Å². The first-order chi connectivity index (χ1) is 21.7. The van der Waals surface area contributed by atoms with Gasteiger partial charge in [-0.25, -0.2) is 4.39 Å². The van der Waals surface area contributed by atoms with E-state index >= 15 is 0 Å². The SMILES string of the molecule is Cc1cnc(CCOc2ccc3c(c2)c(C(=O)C(F)(F)F)c(CC(C)(C)C(=O)O)n3Cc2ccc(-c3ccc(F)cn3)cc2)cn1. The molecule has 0 aliphatic rings. The molecule has 1 N–H and O–H groups in total. The average Bonchev–Trinajstić information content (AvgIpc) is 3.29. The maximum Gasteiger partial charge on any atom is 0.454 e. The fourth-order valence-corrected chi connectivity index (χ4v) is 5.06. The first-order valence-electron chi connectivity index (χ1n) is 14.3. The molecule has 2 aromatic carbocycles. The van der Waals surface area contributed by atoms with Gasteiger partial charge in [0.05, 0.1) is 40.9 Å². The van der Waals surface area contributed by atoms with Crippen molar-refractivity contribution >= 4 is 22.7 Å². The van der Waals surface area contributed by atoms with Crippen molar-refractivity contribution in [2.45, 2.75) is 46.3 Å². The fourth-order valence-electron chi connectivity index (χ4n) is 5.06. The number of aryl methyl sites for hydroxylation is 1. The lowest BCUT2D eigenvalue weighted by Crippen LogP contribution is -2.30. The van der Waals surface area contributed by atoms with E-state index in [2.05, 4.69) is 15.0 Å². The summed E-state index contributed by atoms with van der Waals surface area (Å²) in [6.07, 6.45) is -0.852. The van der Waals surface area contributed by atoms with Gasteiger partial charge in [-0.15, -0.1) is 0 Å². The minimum Gasteiger partial charge on any atom is -0.493 e. The van der Waals surface area contributed by atoms with Crippen LogP contribution in [0.1, 0.15) is 46.9 Å². The van der Waals surface area contributed by atoms with Crippen molar-refractivity contribution in [3.63, 3.8) is 0 Å². The number of pyridine rings is 1. The number of benzene rings is 2. The molecular weight excluding hydrogens is 604 g/mol. The summed E-state index contributed by atoms with van der Waals surface area (Å²) in [6.45, 7) is 4.79. The lowest BCUT2D eigenvalue weighted by molar-refractivity contribution is -0.146. The zero-order valence-corrected chi connectivity index (χ0v) is 25.2. The number of aliphatic carboxylic acids is 1. The molecule has 0 aliphatic heterocycles. The normalized spacial score (nSPS) is 12.0. The number of ether oxygens (including phenoxy) is 1. The van der Waals surface area contributed by atoms with Crippen molar-refractivity contribution in [3.05, 3.63) is 107 Å². The number of carboxylic acids is 1. The summed E-state index contributed by atoms with van der Waals surface area (Å²) in [5.41, 5.74) is 1.46. The van der Waals surface area contributed by atoms with Crippen LogP contribution in [-0.2, 0) is 24.2 Å². The van der Waals surface area contributed by atoms with E-state index in [1.165, 1.54) is 32.0 Å². The van der Waals surface area contributed by atoms with Crippen LogP contribution in [-0.4, -0.2) is 49.2 Å². The van der Waals surface area contributed by atoms with E-state index in [0.717, 1.165) is 11.9 Å². The molecular formula is C34H30F4N4O4. The lowest BCUT2D eigenvalue weighted by Gasteiger charge is -2.22. The van der Waals surface area contributed by atoms with Gasteiger partial charge in [0.1, 0.15) is 11.6 Å². The highest BCUT2D eigenvalue weighted by molar-refractivity contribution is 6.12. The van der Waals surface area contributed by atoms with E-state index in [1.807, 2.05) is 0 Å². The highest BCUT2D eigenvalue weighted by Crippen LogP contribution is 2.38. The fraction of sp³-hybridized carbons (Fsp3) is 0.265. The number of hydrogen-bond donors (Lipinski definition) is 1. The molecule has 0 amide bonds. The topological polar surface area (TPSA) is 107 Å². The molecule has 0 saturated heterocycles. The Morgan fingerprint density at radius 3 is 2.28 bits per heavy atom. The average molecular weight is 635 g/mol. The summed E-state index contributed by atoms with van der Waals surface area (Å²) in [4.78, 5) is 37.7. The molecule has 0 spiro atoms. The van der Waals surface area contributed by atoms with Crippen molar-refractivity contribution in [3.8, 4) is 17.0 Å². The number of aromatic nitrogens is 4. The standard InChI is InChI=1S/C34H30F4N4O4/c1-20-16-40-24(18-39-20)12-13-46-25-9-11-28-26(14-25)30(31(43)34(36,37)38)29(15-33(2,3)32(44)45)42(28)19-21-4-6-22(7-5-21)27-10-8-23(35)17-41-27/h4-11,14,16-18H,12-13,15,19H2,1-3H3,(H,44,45). The van der Waals surface area contributed by atoms with Crippen LogP contribution in [0.5, 0.6) is 5.75 Å². The lowest BCUT2D eigenvalue weighted by atomic mass is 9.86. The zero-order valence-electron chi connectivity index (χ0n) is 25.2. The summed E-state index contributed by atoms with van der Waals surface area (Å²) < 4.78 is 62.9. The highest BCUT2D eigenvalue weighted by atomic mass is 19.4. The Morgan fingerprint density at radius 2 is 1.67 bits per heavy atom. The minimum absolute atomic E-state index is 0.00160. The summed E-state index contributed by atoms with van der Waals surface area (Å²) in [5.74, 6) is -3.54. The van der Waals surface area contributed by atoms with Gasteiger partial charge < -0.3 is 14.4 Å². The maximum atomic E-state index is 14.1. The minimum atomic E-state index is -5.22. The van der Waals surface area contributed by atoms with Gasteiger partial charge in [0.15, 0.2) is 0 Å². The van der Waals surface area contributed by atoms with Gasteiger partial charge in [0, 0.05) is 53.9 Å². The molecule has 3 heterocycles. The Balaban J connectivity index is 1.57. The molecule has 46 heavy (non-hydrogen) atoms. The quantitative estimate of drug-likeness (QED) is 0.123. The highest BCUT2D eigenvalue weighted by Gasteiger charge is 2.44. The van der Waals surface area contributed by atoms with Gasteiger partial charge in [-0.3, -0.25) is 24.5 Å². The Morgan fingerprint density at radius 1 is 0.935 bits per heavy atom. The van der Waals surface area contributed by atoms with Gasteiger partial charge in [-0.05, 0) is 56.7 Å². The predicted octanol–water partition coefficient (Wildman–Crippen LogP) is 7.01. The second-order valence-electron chi connectivity index (χ2n) is 11.6. The van der Waals surface area contributed by atoms with E-state index in [0.29, 0.717) is 34.5 Å².